The number of primary amides is 1. The Morgan fingerprint density at radius 2 is 1.66 bits per heavy atom. The molecule has 0 saturated carbocycles. The number of nitrogens with two attached hydrogens (primary N) is 1. The maximum absolute atomic E-state index is 13.4. The van der Waals surface area contributed by atoms with Crippen LogP contribution in [0.25, 0.3) is 0 Å². The van der Waals surface area contributed by atoms with Gasteiger partial charge in [0.1, 0.15) is 5.75 Å². The van der Waals surface area contributed by atoms with Crippen LogP contribution < -0.4 is 5.73 Å². The van der Waals surface area contributed by atoms with Crippen molar-refractivity contribution in [2.75, 3.05) is 13.1 Å². The molecule has 1 unspecified atom stereocenters. The summed E-state index contributed by atoms with van der Waals surface area (Å²) in [6.45, 7) is 2.52. The normalized spacial score (nSPS) is 20.3. The molecular formula is C23H27N3O3. The molecule has 3 N–H and O–H groups in total. The standard InChI is InChI=1S/C23H27N3O3/c24-22(28)17-9-11-25(12-10-17)23(29)21-13-18-3-1-2-4-19(18)15-26(21)14-16-5-7-20(27)8-6-16/h1-8,17,21,27H,9-15H2,(H2,24,28). The first kappa shape index (κ1) is 19.5. The van der Waals surface area contributed by atoms with Gasteiger partial charge in [-0.15, -0.1) is 0 Å². The van der Waals surface area contributed by atoms with Gasteiger partial charge in [-0.2, -0.15) is 0 Å². The predicted molar refractivity (Wildman–Crippen MR) is 110 cm³/mol. The van der Waals surface area contributed by atoms with E-state index in [1.807, 2.05) is 29.2 Å². The first-order valence-electron chi connectivity index (χ1n) is 10.2. The zero-order valence-electron chi connectivity index (χ0n) is 16.5. The number of benzene rings is 2. The molecule has 1 fully saturated rings. The van der Waals surface area contributed by atoms with Crippen LogP contribution in [0.2, 0.25) is 0 Å². The van der Waals surface area contributed by atoms with Gasteiger partial charge < -0.3 is 15.7 Å². The van der Waals surface area contributed by atoms with E-state index >= 15 is 0 Å². The van der Waals surface area contributed by atoms with Crippen LogP contribution >= 0.6 is 0 Å². The van der Waals surface area contributed by atoms with Crippen LogP contribution in [0.1, 0.15) is 29.5 Å². The Balaban J connectivity index is 1.54. The summed E-state index contributed by atoms with van der Waals surface area (Å²) in [7, 11) is 0. The maximum atomic E-state index is 13.4. The van der Waals surface area contributed by atoms with Crippen molar-refractivity contribution in [3.63, 3.8) is 0 Å². The molecule has 1 saturated heterocycles. The molecule has 6 nitrogen and oxygen atoms in total. The molecule has 0 radical (unpaired) electrons. The number of likely N-dealkylation sites (tertiary alicyclic amines) is 1. The Bertz CT molecular complexity index is 888. The van der Waals surface area contributed by atoms with Crippen molar-refractivity contribution in [1.82, 2.24) is 9.80 Å². The van der Waals surface area contributed by atoms with E-state index in [9.17, 15) is 14.7 Å². The number of carbonyl (C=O) groups is 2. The Hall–Kier alpha value is -2.86. The Labute approximate surface area is 170 Å². The third kappa shape index (κ3) is 4.27. The first-order valence-corrected chi connectivity index (χ1v) is 10.2. The summed E-state index contributed by atoms with van der Waals surface area (Å²) in [4.78, 5) is 29.0. The van der Waals surface area contributed by atoms with Gasteiger partial charge in [0.05, 0.1) is 6.04 Å². The van der Waals surface area contributed by atoms with Crippen molar-refractivity contribution in [2.45, 2.75) is 38.4 Å². The lowest BCUT2D eigenvalue weighted by Gasteiger charge is -2.40. The molecule has 0 spiro atoms. The molecule has 0 bridgehead atoms. The topological polar surface area (TPSA) is 86.9 Å². The lowest BCUT2D eigenvalue weighted by molar-refractivity contribution is -0.140. The average molecular weight is 393 g/mol. The number of hydrogen-bond acceptors (Lipinski definition) is 4. The molecule has 2 aliphatic rings. The molecule has 6 heteroatoms. The lowest BCUT2D eigenvalue weighted by atomic mass is 9.91. The Morgan fingerprint density at radius 3 is 2.31 bits per heavy atom. The van der Waals surface area contributed by atoms with Crippen LogP contribution in [0.4, 0.5) is 0 Å². The fourth-order valence-electron chi connectivity index (χ4n) is 4.42. The molecule has 2 heterocycles. The van der Waals surface area contributed by atoms with Crippen molar-refractivity contribution in [3.05, 3.63) is 65.2 Å². The van der Waals surface area contributed by atoms with Gasteiger partial charge in [0.25, 0.3) is 0 Å². The highest BCUT2D eigenvalue weighted by Crippen LogP contribution is 2.28. The van der Waals surface area contributed by atoms with Crippen molar-refractivity contribution in [2.24, 2.45) is 11.7 Å². The maximum Gasteiger partial charge on any atom is 0.240 e. The number of aromatic hydroxyl groups is 1. The van der Waals surface area contributed by atoms with Gasteiger partial charge >= 0.3 is 0 Å². The zero-order chi connectivity index (χ0) is 20.4. The number of amides is 2. The second-order valence-corrected chi connectivity index (χ2v) is 8.06. The van der Waals surface area contributed by atoms with Crippen molar-refractivity contribution >= 4 is 11.8 Å². The molecule has 2 aliphatic heterocycles. The number of phenols is 1. The number of piperidine rings is 1. The SMILES string of the molecule is NC(=O)C1CCN(C(=O)C2Cc3ccccc3CN2Cc2ccc(O)cc2)CC1. The molecular weight excluding hydrogens is 366 g/mol. The predicted octanol–water partition coefficient (Wildman–Crippen LogP) is 2.04. The van der Waals surface area contributed by atoms with Crippen LogP contribution in [0.3, 0.4) is 0 Å². The van der Waals surface area contributed by atoms with E-state index in [4.69, 9.17) is 5.73 Å². The van der Waals surface area contributed by atoms with Gasteiger partial charge in [-0.25, -0.2) is 0 Å². The molecule has 2 aromatic rings. The van der Waals surface area contributed by atoms with Crippen LogP contribution in [-0.4, -0.2) is 45.9 Å². The largest absolute Gasteiger partial charge is 0.508 e. The van der Waals surface area contributed by atoms with Gasteiger partial charge in [-0.05, 0) is 48.1 Å². The highest BCUT2D eigenvalue weighted by Gasteiger charge is 2.36. The van der Waals surface area contributed by atoms with Crippen LogP contribution in [0.5, 0.6) is 5.75 Å². The summed E-state index contributed by atoms with van der Waals surface area (Å²) in [5.41, 5.74) is 8.97. The summed E-state index contributed by atoms with van der Waals surface area (Å²) >= 11 is 0. The fourth-order valence-corrected chi connectivity index (χ4v) is 4.42. The molecule has 0 aliphatic carbocycles. The number of nitrogens with zero attached hydrogens (tertiary/aromatic N) is 2. The highest BCUT2D eigenvalue weighted by molar-refractivity contribution is 5.83. The summed E-state index contributed by atoms with van der Waals surface area (Å²) in [6, 6.07) is 15.2. The van der Waals surface area contributed by atoms with Crippen LogP contribution in [0.15, 0.2) is 48.5 Å². The fraction of sp³-hybridized carbons (Fsp3) is 0.391. The summed E-state index contributed by atoms with van der Waals surface area (Å²) < 4.78 is 0. The van der Waals surface area contributed by atoms with Gasteiger partial charge in [0.2, 0.25) is 11.8 Å². The number of rotatable bonds is 4. The smallest absolute Gasteiger partial charge is 0.240 e. The number of fused-ring (bicyclic) bond motifs is 1. The van der Waals surface area contributed by atoms with E-state index in [1.54, 1.807) is 12.1 Å². The van der Waals surface area contributed by atoms with Gasteiger partial charge in [0, 0.05) is 32.1 Å². The third-order valence-electron chi connectivity index (χ3n) is 6.16. The molecule has 2 amide bonds. The molecule has 4 rings (SSSR count). The minimum absolute atomic E-state index is 0.126. The van der Waals surface area contributed by atoms with Gasteiger partial charge in [0.15, 0.2) is 0 Å². The number of phenolic OH excluding ortho intramolecular Hbond substituents is 1. The molecule has 1 atom stereocenters. The van der Waals surface area contributed by atoms with E-state index in [2.05, 4.69) is 17.0 Å². The Morgan fingerprint density at radius 1 is 1.00 bits per heavy atom. The highest BCUT2D eigenvalue weighted by atomic mass is 16.3. The first-order chi connectivity index (χ1) is 14.0. The van der Waals surface area contributed by atoms with Gasteiger partial charge in [-0.1, -0.05) is 36.4 Å². The van der Waals surface area contributed by atoms with Crippen LogP contribution in [0, 0.1) is 5.92 Å². The van der Waals surface area contributed by atoms with Crippen molar-refractivity contribution < 1.29 is 14.7 Å². The minimum atomic E-state index is -0.266. The molecule has 152 valence electrons. The van der Waals surface area contributed by atoms with Gasteiger partial charge in [-0.3, -0.25) is 14.5 Å². The molecule has 0 aromatic heterocycles. The number of carbonyl (C=O) groups excluding carboxylic acids is 2. The molecule has 2 aromatic carbocycles. The monoisotopic (exact) mass is 393 g/mol. The second kappa shape index (κ2) is 8.25. The summed E-state index contributed by atoms with van der Waals surface area (Å²) in [5.74, 6) is -0.0271. The van der Waals surface area contributed by atoms with Crippen molar-refractivity contribution in [1.29, 1.82) is 0 Å². The quantitative estimate of drug-likeness (QED) is 0.832. The van der Waals surface area contributed by atoms with E-state index in [0.717, 1.165) is 5.56 Å². The number of hydrogen-bond donors (Lipinski definition) is 2. The second-order valence-electron chi connectivity index (χ2n) is 8.06. The van der Waals surface area contributed by atoms with E-state index in [1.165, 1.54) is 11.1 Å². The van der Waals surface area contributed by atoms with E-state index in [0.29, 0.717) is 45.4 Å². The molecule has 29 heavy (non-hydrogen) atoms. The van der Waals surface area contributed by atoms with E-state index in [-0.39, 0.29) is 29.5 Å². The minimum Gasteiger partial charge on any atom is -0.508 e. The average Bonchev–Trinajstić information content (AvgIpc) is 2.74. The lowest BCUT2D eigenvalue weighted by Crippen LogP contribution is -2.53. The zero-order valence-corrected chi connectivity index (χ0v) is 16.5. The van der Waals surface area contributed by atoms with E-state index < -0.39 is 0 Å². The Kier molecular flexibility index (Phi) is 5.53. The third-order valence-corrected chi connectivity index (χ3v) is 6.16. The van der Waals surface area contributed by atoms with Crippen molar-refractivity contribution in [3.8, 4) is 5.75 Å². The summed E-state index contributed by atoms with van der Waals surface area (Å²) in [6.07, 6.45) is 1.97. The van der Waals surface area contributed by atoms with Crippen LogP contribution in [-0.2, 0) is 29.1 Å². The summed E-state index contributed by atoms with van der Waals surface area (Å²) in [5, 5.41) is 9.56.